The Hall–Kier alpha value is -0.980. The molecule has 0 aliphatic heterocycles. The van der Waals surface area contributed by atoms with Gasteiger partial charge >= 0.3 is 0 Å². The minimum Gasteiger partial charge on any atom is -0.356 e. The second kappa shape index (κ2) is 29.8. The molecule has 0 spiro atoms. The molecule has 1 amide bonds. The van der Waals surface area contributed by atoms with E-state index in [2.05, 4.69) is 44.2 Å². The molecule has 0 bridgehead atoms. The minimum atomic E-state index is -0.134. The van der Waals surface area contributed by atoms with Gasteiger partial charge in [-0.1, -0.05) is 47.5 Å². The summed E-state index contributed by atoms with van der Waals surface area (Å²) in [5.41, 5.74) is 5.73. The Kier molecular flexibility index (Phi) is 37.0. The highest BCUT2D eigenvalue weighted by Crippen LogP contribution is 2.02. The lowest BCUT2D eigenvalue weighted by Crippen LogP contribution is -3.02. The predicted octanol–water partition coefficient (Wildman–Crippen LogP) is 2.35. The number of quaternary nitrogens is 1. The van der Waals surface area contributed by atoms with Gasteiger partial charge in [-0.25, -0.2) is 5.43 Å². The Morgan fingerprint density at radius 1 is 0.926 bits per heavy atom. The molecule has 0 radical (unpaired) electrons. The second-order valence-electron chi connectivity index (χ2n) is 6.36. The van der Waals surface area contributed by atoms with E-state index in [0.29, 0.717) is 13.0 Å². The molecule has 0 aromatic rings. The number of nitrogens with one attached hydrogen (secondary N) is 4. The topological polar surface area (TPSA) is 74.7 Å². The summed E-state index contributed by atoms with van der Waals surface area (Å²) < 4.78 is 0. The van der Waals surface area contributed by atoms with E-state index in [4.69, 9.17) is 0 Å². The first-order valence-corrected chi connectivity index (χ1v) is 10.8. The van der Waals surface area contributed by atoms with Crippen LogP contribution in [0.25, 0.3) is 0 Å². The van der Waals surface area contributed by atoms with Gasteiger partial charge in [0.15, 0.2) is 0 Å². The fraction of sp³-hybridized carbons (Fsp3) is 0.905. The van der Waals surface area contributed by atoms with E-state index in [9.17, 15) is 9.59 Å². The van der Waals surface area contributed by atoms with Crippen LogP contribution in [0, 0.1) is 0 Å². The molecule has 6 nitrogen and oxygen atoms in total. The van der Waals surface area contributed by atoms with Crippen LogP contribution >= 0.6 is 0 Å². The number of unbranched alkanes of at least 4 members (excludes halogenated alkanes) is 3. The normalized spacial score (nSPS) is 10.3. The Balaban J connectivity index is -0.000000283. The maximum Gasteiger partial charge on any atom is 0.219 e. The first-order valence-electron chi connectivity index (χ1n) is 10.8. The van der Waals surface area contributed by atoms with Gasteiger partial charge in [-0.05, 0) is 39.7 Å². The first kappa shape index (κ1) is 33.6. The Bertz CT molecular complexity index is 295. The van der Waals surface area contributed by atoms with Crippen molar-refractivity contribution in [1.82, 2.24) is 16.2 Å². The molecule has 4 N–H and O–H groups in total. The van der Waals surface area contributed by atoms with Crippen LogP contribution in [0.4, 0.5) is 0 Å². The molecule has 0 saturated heterocycles. The summed E-state index contributed by atoms with van der Waals surface area (Å²) in [6.07, 6.45) is 6.48. The fourth-order valence-corrected chi connectivity index (χ4v) is 1.88. The smallest absolute Gasteiger partial charge is 0.219 e. The van der Waals surface area contributed by atoms with Crippen LogP contribution in [-0.4, -0.2) is 52.5 Å². The van der Waals surface area contributed by atoms with Crippen molar-refractivity contribution in [3.05, 3.63) is 0 Å². The summed E-state index contributed by atoms with van der Waals surface area (Å²) in [7, 11) is 8.01. The van der Waals surface area contributed by atoms with Gasteiger partial charge in [-0.15, -0.1) is 0 Å². The molecule has 0 aromatic heterocycles. The molecule has 0 aromatic carbocycles. The van der Waals surface area contributed by atoms with Crippen molar-refractivity contribution in [2.45, 2.75) is 92.5 Å². The van der Waals surface area contributed by atoms with Gasteiger partial charge in [0.1, 0.15) is 5.78 Å². The molecule has 27 heavy (non-hydrogen) atoms. The van der Waals surface area contributed by atoms with Crippen LogP contribution in [0.3, 0.4) is 0 Å². The zero-order valence-electron chi connectivity index (χ0n) is 20.1. The molecule has 0 heterocycles. The number of amides is 1. The third kappa shape index (κ3) is 36.7. The van der Waals surface area contributed by atoms with Crippen molar-refractivity contribution in [1.29, 1.82) is 0 Å². The number of ketones is 1. The molecule has 0 aliphatic rings. The van der Waals surface area contributed by atoms with Gasteiger partial charge in [0.05, 0.1) is 27.2 Å². The van der Waals surface area contributed by atoms with Crippen molar-refractivity contribution >= 4 is 11.7 Å². The average molecular weight is 392 g/mol. The largest absolute Gasteiger partial charge is 0.356 e. The number of Topliss-reactive ketones (excluding diaryl/α,β-unsaturated/α-hetero) is 1. The van der Waals surface area contributed by atoms with Gasteiger partial charge in [-0.2, -0.15) is 0 Å². The van der Waals surface area contributed by atoms with Crippen LogP contribution in [-0.2, 0) is 9.59 Å². The zero-order valence-corrected chi connectivity index (χ0v) is 20.1. The van der Waals surface area contributed by atoms with Crippen LogP contribution < -0.4 is 21.1 Å². The fourth-order valence-electron chi connectivity index (χ4n) is 1.88. The lowest BCUT2D eigenvalue weighted by molar-refractivity contribution is -0.836. The molecule has 0 rings (SSSR count). The molecular weight excluding hydrogens is 340 g/mol. The zero-order chi connectivity index (χ0) is 22.1. The number of hydrogen-bond donors (Lipinski definition) is 4. The highest BCUT2D eigenvalue weighted by molar-refractivity contribution is 5.81. The van der Waals surface area contributed by atoms with Crippen LogP contribution in [0.1, 0.15) is 86.5 Å². The number of hydrogen-bond acceptors (Lipinski definition) is 4. The van der Waals surface area contributed by atoms with Crippen LogP contribution in [0.5, 0.6) is 0 Å². The van der Waals surface area contributed by atoms with E-state index < -0.39 is 0 Å². The molecule has 1 atom stereocenters. The molecular formula is C21H51N4O2+. The van der Waals surface area contributed by atoms with Crippen molar-refractivity contribution in [2.75, 3.05) is 34.7 Å². The van der Waals surface area contributed by atoms with E-state index in [0.717, 1.165) is 38.5 Å². The first-order chi connectivity index (χ1) is 12.8. The van der Waals surface area contributed by atoms with Gasteiger partial charge in [0, 0.05) is 13.0 Å². The van der Waals surface area contributed by atoms with Gasteiger partial charge in [0.2, 0.25) is 5.91 Å². The standard InChI is InChI=1S/C14H29N3O2.C3H9N.2C2H6/c1-4-5-6-10-14(19)16-11-8-7-9-13(12(2)18)17-15-3;1-4(2)3;2*1-2/h13,15,17H,4-11H2,1-3H3,(H,16,19);1-3H3;2*1-2H3/p+1. The van der Waals surface area contributed by atoms with E-state index >= 15 is 0 Å². The predicted molar refractivity (Wildman–Crippen MR) is 119 cm³/mol. The van der Waals surface area contributed by atoms with Gasteiger partial charge in [-0.3, -0.25) is 15.0 Å². The van der Waals surface area contributed by atoms with E-state index in [-0.39, 0.29) is 17.7 Å². The monoisotopic (exact) mass is 391 g/mol. The molecule has 166 valence electrons. The van der Waals surface area contributed by atoms with Crippen LogP contribution in [0.15, 0.2) is 0 Å². The summed E-state index contributed by atoms with van der Waals surface area (Å²) in [6.45, 7) is 12.4. The summed E-state index contributed by atoms with van der Waals surface area (Å²) in [5.74, 6) is 0.280. The average Bonchev–Trinajstić information content (AvgIpc) is 2.63. The Labute approximate surface area is 170 Å². The molecule has 0 saturated carbocycles. The number of carbonyl (C=O) groups excluding carboxylic acids is 2. The number of carbonyl (C=O) groups is 2. The number of rotatable bonds is 12. The molecule has 0 fully saturated rings. The molecule has 6 heteroatoms. The van der Waals surface area contributed by atoms with Gasteiger partial charge in [0.25, 0.3) is 0 Å². The van der Waals surface area contributed by atoms with E-state index in [1.807, 2.05) is 27.7 Å². The van der Waals surface area contributed by atoms with Crippen LogP contribution in [0.2, 0.25) is 0 Å². The lowest BCUT2D eigenvalue weighted by atomic mass is 10.1. The Morgan fingerprint density at radius 2 is 1.44 bits per heavy atom. The highest BCUT2D eigenvalue weighted by atomic mass is 16.1. The van der Waals surface area contributed by atoms with Gasteiger partial charge < -0.3 is 10.2 Å². The molecule has 1 unspecified atom stereocenters. The third-order valence-electron chi connectivity index (χ3n) is 3.06. The Morgan fingerprint density at radius 3 is 1.85 bits per heavy atom. The lowest BCUT2D eigenvalue weighted by Gasteiger charge is -2.14. The maximum atomic E-state index is 11.4. The SMILES string of the molecule is CC.CC.CCCCCC(=O)NCCCCC(NNC)C(C)=O.C[NH+](C)C. The van der Waals surface area contributed by atoms with Crippen molar-refractivity contribution < 1.29 is 14.5 Å². The van der Waals surface area contributed by atoms with E-state index in [1.165, 1.54) is 4.90 Å². The highest BCUT2D eigenvalue weighted by Gasteiger charge is 2.11. The quantitative estimate of drug-likeness (QED) is 0.304. The molecule has 0 aliphatic carbocycles. The van der Waals surface area contributed by atoms with Crippen molar-refractivity contribution in [3.8, 4) is 0 Å². The summed E-state index contributed by atoms with van der Waals surface area (Å²) in [4.78, 5) is 24.1. The van der Waals surface area contributed by atoms with Crippen molar-refractivity contribution in [2.24, 2.45) is 0 Å². The number of hydrazine groups is 1. The summed E-state index contributed by atoms with van der Waals surface area (Å²) >= 11 is 0. The van der Waals surface area contributed by atoms with Crippen molar-refractivity contribution in [3.63, 3.8) is 0 Å². The minimum absolute atomic E-state index is 0.134. The maximum absolute atomic E-state index is 11.4. The summed E-state index contributed by atoms with van der Waals surface area (Å²) in [6, 6.07) is -0.134. The van der Waals surface area contributed by atoms with E-state index in [1.54, 1.807) is 14.0 Å². The second-order valence-corrected chi connectivity index (χ2v) is 6.36. The third-order valence-corrected chi connectivity index (χ3v) is 3.06. The summed E-state index contributed by atoms with van der Waals surface area (Å²) in [5, 5.41) is 2.92.